The van der Waals surface area contributed by atoms with E-state index in [0.29, 0.717) is 22.7 Å². The van der Waals surface area contributed by atoms with Crippen molar-refractivity contribution < 1.29 is 14.3 Å². The smallest absolute Gasteiger partial charge is 0.263 e. The third-order valence-corrected chi connectivity index (χ3v) is 5.65. The molecule has 0 unspecified atom stereocenters. The molecule has 0 bridgehead atoms. The van der Waals surface area contributed by atoms with Gasteiger partial charge in [0, 0.05) is 24.3 Å². The molecule has 1 aliphatic heterocycles. The largest absolute Gasteiger partial charge is 0.496 e. The van der Waals surface area contributed by atoms with Gasteiger partial charge in [-0.25, -0.2) is 0 Å². The van der Waals surface area contributed by atoms with Gasteiger partial charge in [0.2, 0.25) is 0 Å². The lowest BCUT2D eigenvalue weighted by atomic mass is 10.1. The van der Waals surface area contributed by atoms with Crippen LogP contribution in [0, 0.1) is 0 Å². The van der Waals surface area contributed by atoms with E-state index < -0.39 is 0 Å². The molecule has 0 aliphatic carbocycles. The second kappa shape index (κ2) is 10.1. The SMILES string of the molecule is COc1cccc(OC)c1C(=O)Nc1cccc(-c2ccc(N3CCCCCC3)nn2)c1. The summed E-state index contributed by atoms with van der Waals surface area (Å²) in [6.07, 6.45) is 4.95. The average molecular weight is 433 g/mol. The lowest BCUT2D eigenvalue weighted by molar-refractivity contribution is 0.102. The van der Waals surface area contributed by atoms with E-state index in [2.05, 4.69) is 20.4 Å². The number of rotatable bonds is 6. The minimum absolute atomic E-state index is 0.306. The van der Waals surface area contributed by atoms with E-state index in [0.717, 1.165) is 30.2 Å². The Labute approximate surface area is 188 Å². The van der Waals surface area contributed by atoms with Gasteiger partial charge >= 0.3 is 0 Å². The Balaban J connectivity index is 1.52. The van der Waals surface area contributed by atoms with Crippen molar-refractivity contribution in [3.8, 4) is 22.8 Å². The second-order valence-corrected chi connectivity index (χ2v) is 7.75. The van der Waals surface area contributed by atoms with E-state index in [1.165, 1.54) is 39.9 Å². The number of hydrogen-bond donors (Lipinski definition) is 1. The number of methoxy groups -OCH3 is 2. The van der Waals surface area contributed by atoms with E-state index in [1.807, 2.05) is 36.4 Å². The number of nitrogens with one attached hydrogen (secondary N) is 1. The summed E-state index contributed by atoms with van der Waals surface area (Å²) in [5.41, 5.74) is 2.64. The standard InChI is InChI=1S/C25H28N4O3/c1-31-21-11-8-12-22(32-2)24(21)25(30)26-19-10-7-9-18(17-19)20-13-14-23(28-27-20)29-15-5-3-4-6-16-29/h7-14,17H,3-6,15-16H2,1-2H3,(H,26,30). The Morgan fingerprint density at radius 1 is 0.875 bits per heavy atom. The molecular weight excluding hydrogens is 404 g/mol. The van der Waals surface area contributed by atoms with Crippen molar-refractivity contribution in [3.63, 3.8) is 0 Å². The summed E-state index contributed by atoms with van der Waals surface area (Å²) in [5, 5.41) is 11.8. The zero-order valence-electron chi connectivity index (χ0n) is 18.5. The van der Waals surface area contributed by atoms with Crippen LogP contribution in [0.4, 0.5) is 11.5 Å². The molecule has 2 heterocycles. The molecule has 0 atom stereocenters. The van der Waals surface area contributed by atoms with Crippen LogP contribution in [-0.4, -0.2) is 43.4 Å². The topological polar surface area (TPSA) is 76.6 Å². The first kappa shape index (κ1) is 21.6. The number of hydrogen-bond acceptors (Lipinski definition) is 6. The molecule has 166 valence electrons. The molecule has 1 aromatic heterocycles. The molecule has 4 rings (SSSR count). The summed E-state index contributed by atoms with van der Waals surface area (Å²) in [7, 11) is 3.06. The van der Waals surface area contributed by atoms with E-state index in [9.17, 15) is 4.79 Å². The molecule has 3 aromatic rings. The molecule has 1 fully saturated rings. The highest BCUT2D eigenvalue weighted by Crippen LogP contribution is 2.30. The van der Waals surface area contributed by atoms with Crippen molar-refractivity contribution in [1.29, 1.82) is 0 Å². The molecule has 7 nitrogen and oxygen atoms in total. The van der Waals surface area contributed by atoms with Crippen LogP contribution in [0.2, 0.25) is 0 Å². The minimum atomic E-state index is -0.306. The number of anilines is 2. The van der Waals surface area contributed by atoms with Gasteiger partial charge < -0.3 is 19.7 Å². The molecule has 1 aliphatic rings. The quantitative estimate of drug-likeness (QED) is 0.603. The Bertz CT molecular complexity index is 1040. The van der Waals surface area contributed by atoms with Crippen LogP contribution in [-0.2, 0) is 0 Å². The zero-order chi connectivity index (χ0) is 22.3. The van der Waals surface area contributed by atoms with Crippen LogP contribution >= 0.6 is 0 Å². The van der Waals surface area contributed by atoms with Gasteiger partial charge in [-0.1, -0.05) is 31.0 Å². The molecule has 0 saturated carbocycles. The Kier molecular flexibility index (Phi) is 6.84. The van der Waals surface area contributed by atoms with Crippen molar-refractivity contribution in [2.24, 2.45) is 0 Å². The van der Waals surface area contributed by atoms with E-state index in [1.54, 1.807) is 18.2 Å². The molecule has 1 N–H and O–H groups in total. The van der Waals surface area contributed by atoms with E-state index in [-0.39, 0.29) is 5.91 Å². The van der Waals surface area contributed by atoms with Crippen molar-refractivity contribution in [1.82, 2.24) is 10.2 Å². The van der Waals surface area contributed by atoms with E-state index >= 15 is 0 Å². The van der Waals surface area contributed by atoms with Crippen molar-refractivity contribution in [2.45, 2.75) is 25.7 Å². The summed E-state index contributed by atoms with van der Waals surface area (Å²) in [6.45, 7) is 2.06. The van der Waals surface area contributed by atoms with Gasteiger partial charge in [-0.15, -0.1) is 10.2 Å². The number of ether oxygens (including phenoxy) is 2. The number of nitrogens with zero attached hydrogens (tertiary/aromatic N) is 3. The summed E-state index contributed by atoms with van der Waals surface area (Å²) in [6, 6.07) is 16.8. The van der Waals surface area contributed by atoms with Gasteiger partial charge in [-0.05, 0) is 49.2 Å². The van der Waals surface area contributed by atoms with E-state index in [4.69, 9.17) is 9.47 Å². The number of carbonyl (C=O) groups excluding carboxylic acids is 1. The third kappa shape index (κ3) is 4.82. The fraction of sp³-hybridized carbons (Fsp3) is 0.320. The van der Waals surface area contributed by atoms with Crippen LogP contribution < -0.4 is 19.7 Å². The maximum atomic E-state index is 13.0. The summed E-state index contributed by atoms with van der Waals surface area (Å²) >= 11 is 0. The number of benzene rings is 2. The van der Waals surface area contributed by atoms with Gasteiger partial charge in [0.25, 0.3) is 5.91 Å². The maximum absolute atomic E-state index is 13.0. The zero-order valence-corrected chi connectivity index (χ0v) is 18.5. The highest BCUT2D eigenvalue weighted by molar-refractivity contribution is 6.08. The van der Waals surface area contributed by atoms with Gasteiger partial charge in [0.1, 0.15) is 17.1 Å². The molecule has 1 amide bonds. The van der Waals surface area contributed by atoms with Gasteiger partial charge in [-0.2, -0.15) is 0 Å². The number of amides is 1. The van der Waals surface area contributed by atoms with Crippen LogP contribution in [0.5, 0.6) is 11.5 Å². The first-order chi connectivity index (χ1) is 15.7. The summed E-state index contributed by atoms with van der Waals surface area (Å²) in [5.74, 6) is 1.52. The predicted octanol–water partition coefficient (Wildman–Crippen LogP) is 4.79. The lowest BCUT2D eigenvalue weighted by Crippen LogP contribution is -2.25. The Hall–Kier alpha value is -3.61. The van der Waals surface area contributed by atoms with Crippen molar-refractivity contribution in [2.75, 3.05) is 37.5 Å². The molecule has 32 heavy (non-hydrogen) atoms. The molecule has 0 radical (unpaired) electrons. The molecule has 7 heteroatoms. The summed E-state index contributed by atoms with van der Waals surface area (Å²) < 4.78 is 10.7. The van der Waals surface area contributed by atoms with Crippen LogP contribution in [0.1, 0.15) is 36.0 Å². The second-order valence-electron chi connectivity index (χ2n) is 7.75. The lowest BCUT2D eigenvalue weighted by Gasteiger charge is -2.20. The number of aromatic nitrogens is 2. The van der Waals surface area contributed by atoms with Crippen LogP contribution in [0.3, 0.4) is 0 Å². The Morgan fingerprint density at radius 2 is 1.56 bits per heavy atom. The van der Waals surface area contributed by atoms with Gasteiger partial charge in [-0.3, -0.25) is 4.79 Å². The monoisotopic (exact) mass is 432 g/mol. The highest BCUT2D eigenvalue weighted by atomic mass is 16.5. The highest BCUT2D eigenvalue weighted by Gasteiger charge is 2.18. The van der Waals surface area contributed by atoms with Crippen LogP contribution in [0.25, 0.3) is 11.3 Å². The summed E-state index contributed by atoms with van der Waals surface area (Å²) in [4.78, 5) is 15.3. The third-order valence-electron chi connectivity index (χ3n) is 5.65. The van der Waals surface area contributed by atoms with Gasteiger partial charge in [0.05, 0.1) is 19.9 Å². The maximum Gasteiger partial charge on any atom is 0.263 e. The first-order valence-corrected chi connectivity index (χ1v) is 10.9. The average Bonchev–Trinajstić information content (AvgIpc) is 3.13. The van der Waals surface area contributed by atoms with Crippen molar-refractivity contribution in [3.05, 3.63) is 60.2 Å². The first-order valence-electron chi connectivity index (χ1n) is 10.9. The molecule has 1 saturated heterocycles. The normalized spacial score (nSPS) is 13.9. The molecule has 0 spiro atoms. The Morgan fingerprint density at radius 3 is 2.19 bits per heavy atom. The molecular formula is C25H28N4O3. The van der Waals surface area contributed by atoms with Gasteiger partial charge in [0.15, 0.2) is 5.82 Å². The molecule has 2 aromatic carbocycles. The predicted molar refractivity (Wildman–Crippen MR) is 126 cm³/mol. The fourth-order valence-electron chi connectivity index (χ4n) is 3.97. The fourth-order valence-corrected chi connectivity index (χ4v) is 3.97. The van der Waals surface area contributed by atoms with Crippen molar-refractivity contribution >= 4 is 17.4 Å². The minimum Gasteiger partial charge on any atom is -0.496 e. The van der Waals surface area contributed by atoms with Crippen LogP contribution in [0.15, 0.2) is 54.6 Å². The number of carbonyl (C=O) groups is 1.